The Morgan fingerprint density at radius 2 is 1.95 bits per heavy atom. The summed E-state index contributed by atoms with van der Waals surface area (Å²) in [5, 5.41) is 0. The van der Waals surface area contributed by atoms with Crippen molar-refractivity contribution in [2.24, 2.45) is 5.92 Å². The third kappa shape index (κ3) is 3.93. The van der Waals surface area contributed by atoms with E-state index in [-0.39, 0.29) is 5.56 Å². The Hall–Kier alpha value is -0.710. The topological polar surface area (TPSA) is 48.3 Å². The summed E-state index contributed by atoms with van der Waals surface area (Å²) in [6.07, 6.45) is 6.19. The fourth-order valence-corrected chi connectivity index (χ4v) is 3.02. The van der Waals surface area contributed by atoms with E-state index >= 15 is 0 Å². The van der Waals surface area contributed by atoms with Crippen LogP contribution < -0.4 is 0 Å². The average Bonchev–Trinajstić information content (AvgIpc) is 3.06. The van der Waals surface area contributed by atoms with E-state index in [0.717, 1.165) is 12.8 Å². The second-order valence-electron chi connectivity index (χ2n) is 5.24. The van der Waals surface area contributed by atoms with E-state index in [2.05, 4.69) is 0 Å². The van der Waals surface area contributed by atoms with Crippen LogP contribution in [0.25, 0.3) is 0 Å². The van der Waals surface area contributed by atoms with Gasteiger partial charge in [0.1, 0.15) is 5.69 Å². The molecule has 1 aromatic rings. The van der Waals surface area contributed by atoms with Gasteiger partial charge in [0, 0.05) is 18.3 Å². The zero-order chi connectivity index (χ0) is 15.6. The van der Waals surface area contributed by atoms with Gasteiger partial charge in [0.25, 0.3) is 3.79 Å². The zero-order valence-corrected chi connectivity index (χ0v) is 13.8. The minimum Gasteiger partial charge on any atom is -0.464 e. The summed E-state index contributed by atoms with van der Waals surface area (Å²) >= 11 is 16.9. The number of carbonyl (C=O) groups excluding carboxylic acids is 2. The molecule has 1 aliphatic rings. The van der Waals surface area contributed by atoms with Gasteiger partial charge in [-0.1, -0.05) is 47.6 Å². The lowest BCUT2D eigenvalue weighted by atomic mass is 10.1. The van der Waals surface area contributed by atoms with Gasteiger partial charge in [-0.05, 0) is 24.8 Å². The monoisotopic (exact) mass is 351 g/mol. The van der Waals surface area contributed by atoms with Crippen LogP contribution in [0.1, 0.15) is 46.5 Å². The molecular formula is C14H16Cl3NO3. The molecule has 0 radical (unpaired) electrons. The summed E-state index contributed by atoms with van der Waals surface area (Å²) in [5.41, 5.74) is 0.510. The van der Waals surface area contributed by atoms with E-state index < -0.39 is 15.5 Å². The molecule has 0 N–H and O–H groups in total. The van der Waals surface area contributed by atoms with E-state index in [9.17, 15) is 9.59 Å². The highest BCUT2D eigenvalue weighted by atomic mass is 35.6. The average molecular weight is 353 g/mol. The number of alkyl halides is 3. The molecule has 4 nitrogen and oxygen atoms in total. The Bertz CT molecular complexity index is 542. The van der Waals surface area contributed by atoms with Crippen LogP contribution in [0.3, 0.4) is 0 Å². The van der Waals surface area contributed by atoms with Gasteiger partial charge in [-0.15, -0.1) is 0 Å². The van der Waals surface area contributed by atoms with Crippen molar-refractivity contribution >= 4 is 46.6 Å². The number of ketones is 1. The molecule has 116 valence electrons. The minimum atomic E-state index is -2.03. The van der Waals surface area contributed by atoms with Gasteiger partial charge < -0.3 is 9.30 Å². The van der Waals surface area contributed by atoms with Crippen molar-refractivity contribution in [2.45, 2.75) is 36.0 Å². The molecule has 0 amide bonds. The number of hydrogen-bond acceptors (Lipinski definition) is 3. The van der Waals surface area contributed by atoms with Crippen LogP contribution in [0.4, 0.5) is 0 Å². The summed E-state index contributed by atoms with van der Waals surface area (Å²) in [6.45, 7) is 0.664. The maximum absolute atomic E-state index is 12.0. The van der Waals surface area contributed by atoms with E-state index in [4.69, 9.17) is 39.5 Å². The van der Waals surface area contributed by atoms with Gasteiger partial charge in [-0.25, -0.2) is 4.79 Å². The number of methoxy groups -OCH3 is 1. The summed E-state index contributed by atoms with van der Waals surface area (Å²) in [5.74, 6) is -0.657. The molecule has 1 fully saturated rings. The molecule has 7 heteroatoms. The maximum atomic E-state index is 12.0. The molecule has 0 atom stereocenters. The third-order valence-corrected chi connectivity index (χ3v) is 4.26. The van der Waals surface area contributed by atoms with Crippen LogP contribution in [0.15, 0.2) is 12.3 Å². The highest BCUT2D eigenvalue weighted by molar-refractivity contribution is 6.77. The van der Waals surface area contributed by atoms with Gasteiger partial charge >= 0.3 is 5.97 Å². The number of rotatable bonds is 4. The first-order valence-corrected chi connectivity index (χ1v) is 7.86. The van der Waals surface area contributed by atoms with Crippen LogP contribution in [-0.2, 0) is 11.3 Å². The molecule has 0 saturated heterocycles. The predicted molar refractivity (Wildman–Crippen MR) is 82.4 cm³/mol. The van der Waals surface area contributed by atoms with Crippen LogP contribution in [0, 0.1) is 5.92 Å². The molecular weight excluding hydrogens is 337 g/mol. The lowest BCUT2D eigenvalue weighted by Crippen LogP contribution is -2.18. The van der Waals surface area contributed by atoms with Crippen molar-refractivity contribution in [3.63, 3.8) is 0 Å². The van der Waals surface area contributed by atoms with Gasteiger partial charge in [0.2, 0.25) is 5.78 Å². The van der Waals surface area contributed by atoms with Crippen molar-refractivity contribution in [1.82, 2.24) is 4.57 Å². The Kier molecular flexibility index (Phi) is 5.23. The number of aromatic nitrogens is 1. The third-order valence-electron chi connectivity index (χ3n) is 3.74. The van der Waals surface area contributed by atoms with E-state index in [1.54, 1.807) is 10.8 Å². The Morgan fingerprint density at radius 3 is 2.48 bits per heavy atom. The summed E-state index contributed by atoms with van der Waals surface area (Å²) in [4.78, 5) is 23.9. The van der Waals surface area contributed by atoms with Gasteiger partial charge in [0.15, 0.2) is 0 Å². The predicted octanol–water partition coefficient (Wildman–Crippen LogP) is 4.02. The van der Waals surface area contributed by atoms with Crippen LogP contribution >= 0.6 is 34.8 Å². The molecule has 1 heterocycles. The first kappa shape index (κ1) is 16.7. The van der Waals surface area contributed by atoms with E-state index in [1.807, 2.05) is 0 Å². The Morgan fingerprint density at radius 1 is 1.33 bits per heavy atom. The SMILES string of the molecule is COC(=O)c1cc(C(=O)C(Cl)(Cl)Cl)cn1CC1CCCC1. The molecule has 1 aromatic heterocycles. The summed E-state index contributed by atoms with van der Waals surface area (Å²) in [7, 11) is 1.30. The summed E-state index contributed by atoms with van der Waals surface area (Å²) in [6, 6.07) is 1.42. The van der Waals surface area contributed by atoms with E-state index in [0.29, 0.717) is 18.2 Å². The molecule has 21 heavy (non-hydrogen) atoms. The molecule has 0 spiro atoms. The number of ether oxygens (including phenoxy) is 1. The second-order valence-corrected chi connectivity index (χ2v) is 7.52. The fourth-order valence-electron chi connectivity index (χ4n) is 2.70. The molecule has 1 aliphatic carbocycles. The smallest absolute Gasteiger partial charge is 0.354 e. The van der Waals surface area contributed by atoms with Crippen molar-refractivity contribution in [2.75, 3.05) is 7.11 Å². The number of Topliss-reactive ketones (excluding diaryl/α,β-unsaturated/α-hetero) is 1. The highest BCUT2D eigenvalue weighted by Gasteiger charge is 2.33. The number of halogens is 3. The lowest BCUT2D eigenvalue weighted by molar-refractivity contribution is 0.0587. The summed E-state index contributed by atoms with van der Waals surface area (Å²) < 4.78 is 4.44. The highest BCUT2D eigenvalue weighted by Crippen LogP contribution is 2.32. The standard InChI is InChI=1S/C14H16Cl3NO3/c1-21-13(20)11-6-10(12(19)14(15,16)17)8-18(11)7-9-4-2-3-5-9/h6,8-9H,2-5,7H2,1H3. The molecule has 0 bridgehead atoms. The second kappa shape index (κ2) is 6.59. The van der Waals surface area contributed by atoms with Crippen LogP contribution in [0.5, 0.6) is 0 Å². The van der Waals surface area contributed by atoms with E-state index in [1.165, 1.54) is 26.0 Å². The number of esters is 1. The van der Waals surface area contributed by atoms with Crippen molar-refractivity contribution in [3.8, 4) is 0 Å². The maximum Gasteiger partial charge on any atom is 0.354 e. The number of hydrogen-bond donors (Lipinski definition) is 0. The van der Waals surface area contributed by atoms with Crippen molar-refractivity contribution in [3.05, 3.63) is 23.5 Å². The number of carbonyl (C=O) groups is 2. The molecule has 0 unspecified atom stereocenters. The molecule has 0 aliphatic heterocycles. The first-order valence-electron chi connectivity index (χ1n) is 6.73. The number of nitrogens with zero attached hydrogens (tertiary/aromatic N) is 1. The van der Waals surface area contributed by atoms with Gasteiger partial charge in [-0.3, -0.25) is 4.79 Å². The lowest BCUT2D eigenvalue weighted by Gasteiger charge is -2.12. The normalized spacial score (nSPS) is 16.2. The zero-order valence-electron chi connectivity index (χ0n) is 11.6. The van der Waals surface area contributed by atoms with Gasteiger partial charge in [-0.2, -0.15) is 0 Å². The quantitative estimate of drug-likeness (QED) is 0.467. The van der Waals surface area contributed by atoms with Gasteiger partial charge in [0.05, 0.1) is 7.11 Å². The van der Waals surface area contributed by atoms with Crippen molar-refractivity contribution in [1.29, 1.82) is 0 Å². The molecule has 0 aromatic carbocycles. The van der Waals surface area contributed by atoms with Crippen molar-refractivity contribution < 1.29 is 14.3 Å². The Balaban J connectivity index is 2.30. The van der Waals surface area contributed by atoms with Crippen LogP contribution in [-0.4, -0.2) is 27.2 Å². The first-order chi connectivity index (χ1) is 9.82. The minimum absolute atomic E-state index is 0.202. The fraction of sp³-hybridized carbons (Fsp3) is 0.571. The Labute approximate surface area is 138 Å². The van der Waals surface area contributed by atoms with Crippen LogP contribution in [0.2, 0.25) is 0 Å². The molecule has 2 rings (SSSR count). The molecule has 1 saturated carbocycles. The largest absolute Gasteiger partial charge is 0.464 e.